The Morgan fingerprint density at radius 3 is 1.60 bits per heavy atom. The maximum Gasteiger partial charge on any atom is 1.00 e. The molecule has 1 N–H and O–H groups in total. The third-order valence-electron chi connectivity index (χ3n) is 0. The zero-order chi connectivity index (χ0) is 2.71. The van der Waals surface area contributed by atoms with E-state index in [1.54, 1.807) is 0 Å². The van der Waals surface area contributed by atoms with E-state index in [1.807, 2.05) is 0 Å². The molecule has 0 aromatic heterocycles. The second-order valence-corrected chi connectivity index (χ2v) is 0.207. The minimum absolute atomic E-state index is 0. The first-order chi connectivity index (χ1) is 1.41. The van der Waals surface area contributed by atoms with E-state index in [2.05, 4.69) is 0 Å². The average molecular weight is 171 g/mol. The van der Waals surface area contributed by atoms with Crippen LogP contribution in [0.25, 0.3) is 0 Å². The van der Waals surface area contributed by atoms with Crippen molar-refractivity contribution in [1.82, 2.24) is 0 Å². The van der Waals surface area contributed by atoms with Crippen molar-refractivity contribution < 1.29 is 67.2 Å². The molecule has 0 aliphatic carbocycles. The fourth-order valence-electron chi connectivity index (χ4n) is 0. The number of halogens is 2. The predicted molar refractivity (Wildman–Crippen MR) is 2.22 cm³/mol. The molecule has 0 spiro atoms. The Bertz CT molecular complexity index is 9.61. The van der Waals surface area contributed by atoms with Crippen molar-refractivity contribution in [2.24, 2.45) is 0 Å². The van der Waals surface area contributed by atoms with E-state index in [0.717, 1.165) is 0 Å². The van der Waals surface area contributed by atoms with Crippen molar-refractivity contribution >= 4 is 0 Å². The maximum absolute atomic E-state index is 8.35. The summed E-state index contributed by atoms with van der Waals surface area (Å²) in [5.74, 6) is 0. The Kier molecular flexibility index (Phi) is 55.0. The van der Waals surface area contributed by atoms with Crippen LogP contribution in [-0.4, -0.2) is 4.66 Å². The van der Waals surface area contributed by atoms with Crippen LogP contribution >= 0.6 is 0 Å². The van der Waals surface area contributed by atoms with Crippen LogP contribution in [0.3, 0.4) is 0 Å². The third-order valence-corrected chi connectivity index (χ3v) is 0. The van der Waals surface area contributed by atoms with Crippen molar-refractivity contribution in [2.45, 2.75) is 0 Å². The molecule has 0 saturated carbocycles. The molecule has 2 nitrogen and oxygen atoms in total. The van der Waals surface area contributed by atoms with Crippen molar-refractivity contribution in [2.75, 3.05) is 0 Å². The van der Waals surface area contributed by atoms with Crippen LogP contribution < -0.4 is 51.2 Å². The number of hydrogen-bond donors (Lipinski definition) is 1. The van der Waals surface area contributed by atoms with E-state index in [-0.39, 0.29) is 57.9 Å². The molecule has 0 bridgehead atoms. The molecule has 0 aliphatic heterocycles. The second-order valence-electron chi connectivity index (χ2n) is 0.0690. The van der Waals surface area contributed by atoms with Gasteiger partial charge in [-0.1, -0.05) is 0 Å². The van der Waals surface area contributed by atoms with Gasteiger partial charge in [0.15, 0.2) is 0 Å². The Labute approximate surface area is 66.7 Å². The van der Waals surface area contributed by atoms with Gasteiger partial charge in [-0.25, -0.2) is 0 Å². The van der Waals surface area contributed by atoms with Gasteiger partial charge in [0.2, 0.25) is 0 Å². The van der Waals surface area contributed by atoms with Gasteiger partial charge in [0.25, 0.3) is 0 Å². The molecule has 0 atom stereocenters. The Balaban J connectivity index is -0.0000000200. The Morgan fingerprint density at radius 2 is 1.60 bits per heavy atom. The molecule has 0 unspecified atom stereocenters. The topological polar surface area (TPSA) is 43.3 Å². The van der Waals surface area contributed by atoms with Crippen molar-refractivity contribution in [3.63, 3.8) is 0 Å². The monoisotopic (exact) mass is 170 g/mol. The van der Waals surface area contributed by atoms with Crippen LogP contribution in [0.15, 0.2) is 0 Å². The van der Waals surface area contributed by atoms with E-state index in [1.165, 1.54) is 0 Å². The quantitative estimate of drug-likeness (QED) is 0.368. The summed E-state index contributed by atoms with van der Waals surface area (Å²) < 4.78 is 15.2. The third kappa shape index (κ3) is 27.1. The van der Waals surface area contributed by atoms with Gasteiger partial charge in [-0.05, 0) is 0 Å². The van der Waals surface area contributed by atoms with Crippen molar-refractivity contribution in [3.05, 3.63) is 0 Å². The molecule has 0 aliphatic rings. The van der Waals surface area contributed by atoms with Crippen LogP contribution in [0.1, 0.15) is 0 Å². The summed E-state index contributed by atoms with van der Waals surface area (Å²) in [5, 5.41) is 0. The summed E-state index contributed by atoms with van der Waals surface area (Å²) in [6, 6.07) is 0. The Morgan fingerprint density at radius 1 is 1.60 bits per heavy atom. The largest absolute Gasteiger partial charge is 1.00 e. The summed E-state index contributed by atoms with van der Waals surface area (Å²) in [5.41, 5.74) is 0. The number of hydrogen-bond acceptors (Lipinski definition) is 2. The van der Waals surface area contributed by atoms with Crippen molar-refractivity contribution in [3.8, 4) is 0 Å². The summed E-state index contributed by atoms with van der Waals surface area (Å²) in [6.07, 6.45) is 0. The van der Waals surface area contributed by atoms with Gasteiger partial charge < -0.3 is 21.6 Å². The van der Waals surface area contributed by atoms with E-state index in [0.29, 0.717) is 0 Å². The van der Waals surface area contributed by atoms with Gasteiger partial charge in [0.1, 0.15) is 0 Å². The molecule has 0 aromatic rings. The zero-order valence-electron chi connectivity index (χ0n) is 2.61. The molecule has 0 amide bonds. The summed E-state index contributed by atoms with van der Waals surface area (Å²) in [7, 11) is 0. The smallest absolute Gasteiger partial charge is 1.00 e. The minimum atomic E-state index is -0.167. The van der Waals surface area contributed by atoms with Gasteiger partial charge in [0.05, 0.1) is 0 Å². The molecule has 0 heterocycles. The number of rotatable bonds is 0. The summed E-state index contributed by atoms with van der Waals surface area (Å²) in [6.45, 7) is 0. The van der Waals surface area contributed by atoms with Crippen molar-refractivity contribution in [1.29, 1.82) is 0 Å². The molecule has 5 heteroatoms. The van der Waals surface area contributed by atoms with Crippen LogP contribution in [0.5, 0.6) is 0 Å². The molecule has 5 heavy (non-hydrogen) atoms. The maximum atomic E-state index is 8.35. The SMILES string of the molecule is [Br-].[Na+].[O-][Cl+]O. The van der Waals surface area contributed by atoms with Crippen LogP contribution in [0.4, 0.5) is 0 Å². The fourth-order valence-corrected chi connectivity index (χ4v) is 0. The van der Waals surface area contributed by atoms with Gasteiger partial charge in [-0.15, -0.1) is 4.66 Å². The fraction of sp³-hybridized carbons (Fsp3) is 0. The van der Waals surface area contributed by atoms with Gasteiger partial charge >= 0.3 is 40.9 Å². The van der Waals surface area contributed by atoms with Gasteiger partial charge in [-0.3, -0.25) is 0 Å². The minimum Gasteiger partial charge on any atom is -1.00 e. The molecular formula is HBrClNaO2. The van der Waals surface area contributed by atoms with Crippen LogP contribution in [0.2, 0.25) is 0 Å². The van der Waals surface area contributed by atoms with E-state index < -0.39 is 0 Å². The molecule has 0 radical (unpaired) electrons. The van der Waals surface area contributed by atoms with E-state index in [9.17, 15) is 0 Å². The van der Waals surface area contributed by atoms with Gasteiger partial charge in [0, 0.05) is 0 Å². The summed E-state index contributed by atoms with van der Waals surface area (Å²) in [4.78, 5) is 0. The average Bonchev–Trinajstić information content (AvgIpc) is 0.918. The standard InChI is InChI=1S/BrH.ClHO2.Na/c;2-1-3;/h1H;2H;/q;;+1/p-1. The molecule has 0 aromatic carbocycles. The van der Waals surface area contributed by atoms with Gasteiger partial charge in [-0.2, -0.15) is 0 Å². The molecule has 0 fully saturated rings. The first-order valence-corrected chi connectivity index (χ1v) is 0.970. The zero-order valence-corrected chi connectivity index (χ0v) is 6.95. The molecule has 0 saturated heterocycles. The first-order valence-electron chi connectivity index (χ1n) is 0.323. The van der Waals surface area contributed by atoms with Crippen LogP contribution in [0, 0.1) is 11.3 Å². The normalized spacial score (nSPS) is 3.60. The van der Waals surface area contributed by atoms with Crippen LogP contribution in [-0.2, 0) is 0 Å². The molecule has 28 valence electrons. The van der Waals surface area contributed by atoms with E-state index >= 15 is 0 Å². The molecule has 0 rings (SSSR count). The second kappa shape index (κ2) is 17.3. The predicted octanol–water partition coefficient (Wildman–Crippen LogP) is -7.74. The van der Waals surface area contributed by atoms with E-state index in [4.69, 9.17) is 9.32 Å². The molecular weight excluding hydrogens is 170 g/mol. The summed E-state index contributed by atoms with van der Waals surface area (Å²) >= 11 is -0.167. The first kappa shape index (κ1) is 15.9. The Hall–Kier alpha value is 1.69.